The number of hydrogen-bond acceptors (Lipinski definition) is 3. The molecule has 1 fully saturated rings. The van der Waals surface area contributed by atoms with Crippen molar-refractivity contribution in [2.45, 2.75) is 32.2 Å². The minimum atomic E-state index is 0.452. The van der Waals surface area contributed by atoms with E-state index in [9.17, 15) is 0 Å². The van der Waals surface area contributed by atoms with E-state index in [-0.39, 0.29) is 0 Å². The van der Waals surface area contributed by atoms with E-state index in [2.05, 4.69) is 20.9 Å². The quantitative estimate of drug-likeness (QED) is 0.578. The summed E-state index contributed by atoms with van der Waals surface area (Å²) in [5.41, 5.74) is 5.84. The summed E-state index contributed by atoms with van der Waals surface area (Å²) in [6.07, 6.45) is 5.40. The van der Waals surface area contributed by atoms with Crippen molar-refractivity contribution in [2.24, 2.45) is 0 Å². The fourth-order valence-corrected chi connectivity index (χ4v) is 3.66. The summed E-state index contributed by atoms with van der Waals surface area (Å²) < 4.78 is 2.15. The number of aromatic nitrogens is 5. The lowest BCUT2D eigenvalue weighted by molar-refractivity contribution is 0.294. The average Bonchev–Trinajstić information content (AvgIpc) is 3.09. The number of halogens is 1. The van der Waals surface area contributed by atoms with E-state index in [0.29, 0.717) is 11.1 Å². The largest absolute Gasteiger partial charge is 0.276 e. The van der Waals surface area contributed by atoms with Crippen LogP contribution >= 0.6 is 11.6 Å². The maximum absolute atomic E-state index is 6.46. The molecule has 1 N–H and O–H groups in total. The van der Waals surface area contributed by atoms with Gasteiger partial charge in [-0.25, -0.2) is 4.98 Å². The highest BCUT2D eigenvalue weighted by Gasteiger charge is 2.26. The van der Waals surface area contributed by atoms with Crippen LogP contribution in [0.2, 0.25) is 5.02 Å². The van der Waals surface area contributed by atoms with Crippen LogP contribution in [0.15, 0.2) is 30.5 Å². The van der Waals surface area contributed by atoms with Crippen molar-refractivity contribution in [1.29, 1.82) is 0 Å². The predicted octanol–water partition coefficient (Wildman–Crippen LogP) is 4.66. The highest BCUT2D eigenvalue weighted by molar-refractivity contribution is 6.35. The van der Waals surface area contributed by atoms with E-state index < -0.39 is 0 Å². The number of fused-ring (bicyclic) bond motifs is 2. The van der Waals surface area contributed by atoms with Crippen molar-refractivity contribution in [3.05, 3.63) is 41.2 Å². The summed E-state index contributed by atoms with van der Waals surface area (Å²) in [6, 6.07) is 8.61. The van der Waals surface area contributed by atoms with E-state index in [1.54, 1.807) is 6.20 Å². The Kier molecular flexibility index (Phi) is 2.94. The summed E-state index contributed by atoms with van der Waals surface area (Å²) in [4.78, 5) is 4.76. The third-order valence-corrected chi connectivity index (χ3v) is 5.17. The van der Waals surface area contributed by atoms with Gasteiger partial charge in [-0.1, -0.05) is 11.6 Å². The second kappa shape index (κ2) is 5.05. The first-order valence-electron chi connectivity index (χ1n) is 8.19. The van der Waals surface area contributed by atoms with Crippen LogP contribution in [0, 0.1) is 6.92 Å². The molecule has 1 aliphatic carbocycles. The third kappa shape index (κ3) is 1.97. The Morgan fingerprint density at radius 1 is 1.25 bits per heavy atom. The van der Waals surface area contributed by atoms with Crippen LogP contribution in [0.3, 0.4) is 0 Å². The van der Waals surface area contributed by atoms with Gasteiger partial charge in [-0.05, 0) is 50.5 Å². The topological polar surface area (TPSA) is 59.4 Å². The average molecular weight is 338 g/mol. The molecule has 1 aliphatic rings. The molecule has 0 aliphatic heterocycles. The van der Waals surface area contributed by atoms with Crippen molar-refractivity contribution >= 4 is 33.5 Å². The molecule has 3 aromatic heterocycles. The summed E-state index contributed by atoms with van der Waals surface area (Å²) in [6.45, 7) is 2.01. The van der Waals surface area contributed by atoms with Crippen LogP contribution in [-0.4, -0.2) is 25.0 Å². The van der Waals surface area contributed by atoms with Gasteiger partial charge >= 0.3 is 0 Å². The second-order valence-corrected chi connectivity index (χ2v) is 6.90. The first kappa shape index (κ1) is 14.0. The van der Waals surface area contributed by atoms with E-state index in [1.165, 1.54) is 19.3 Å². The number of nitrogens with zero attached hydrogens (tertiary/aromatic N) is 4. The molecule has 0 bridgehead atoms. The number of aryl methyl sites for hydroxylation is 1. The van der Waals surface area contributed by atoms with Crippen LogP contribution < -0.4 is 0 Å². The normalized spacial score (nSPS) is 15.2. The predicted molar refractivity (Wildman–Crippen MR) is 95.3 cm³/mol. The summed E-state index contributed by atoms with van der Waals surface area (Å²) >= 11 is 6.46. The Morgan fingerprint density at radius 3 is 2.92 bits per heavy atom. The molecule has 5 rings (SSSR count). The Hall–Kier alpha value is -2.40. The number of nitrogens with one attached hydrogen (secondary N) is 1. The lowest BCUT2D eigenvalue weighted by Gasteiger charge is -2.27. The molecule has 1 saturated carbocycles. The summed E-state index contributed by atoms with van der Waals surface area (Å²) in [7, 11) is 0. The number of H-pyrrole nitrogens is 1. The Bertz CT molecular complexity index is 1070. The fourth-order valence-electron chi connectivity index (χ4n) is 3.39. The SMILES string of the molecule is Cc1ccc2nn(C3CCC3)c(-c3cc(Cl)c4[nH]ncc4c3)c2n1. The number of pyridine rings is 1. The number of aromatic amines is 1. The number of hydrogen-bond donors (Lipinski definition) is 1. The molecule has 5 nitrogen and oxygen atoms in total. The van der Waals surface area contributed by atoms with Crippen LogP contribution in [0.1, 0.15) is 31.0 Å². The maximum atomic E-state index is 6.46. The zero-order chi connectivity index (χ0) is 16.3. The van der Waals surface area contributed by atoms with Gasteiger partial charge in [0.2, 0.25) is 0 Å². The molecular weight excluding hydrogens is 322 g/mol. The van der Waals surface area contributed by atoms with Gasteiger partial charge in [-0.15, -0.1) is 0 Å². The third-order valence-electron chi connectivity index (χ3n) is 4.88. The monoisotopic (exact) mass is 337 g/mol. The molecule has 0 radical (unpaired) electrons. The number of rotatable bonds is 2. The molecule has 24 heavy (non-hydrogen) atoms. The molecule has 0 spiro atoms. The standard InChI is InChI=1S/C18H16ClN5/c1-10-5-6-15-17(21-10)18(24(23-15)13-3-2-4-13)11-7-12-9-20-22-16(12)14(19)8-11/h5-9,13H,2-4H2,1H3,(H,20,22). The molecule has 3 heterocycles. The first-order chi connectivity index (χ1) is 11.7. The van der Waals surface area contributed by atoms with Gasteiger partial charge < -0.3 is 0 Å². The van der Waals surface area contributed by atoms with Crippen molar-refractivity contribution in [3.63, 3.8) is 0 Å². The van der Waals surface area contributed by atoms with Crippen molar-refractivity contribution < 1.29 is 0 Å². The molecule has 120 valence electrons. The van der Waals surface area contributed by atoms with Crippen molar-refractivity contribution in [2.75, 3.05) is 0 Å². The maximum Gasteiger partial charge on any atom is 0.117 e. The molecule has 0 amide bonds. The van der Waals surface area contributed by atoms with E-state index in [0.717, 1.165) is 38.9 Å². The second-order valence-electron chi connectivity index (χ2n) is 6.49. The molecule has 6 heteroatoms. The van der Waals surface area contributed by atoms with Gasteiger partial charge in [-0.3, -0.25) is 9.78 Å². The van der Waals surface area contributed by atoms with Gasteiger partial charge in [0.1, 0.15) is 11.0 Å². The zero-order valence-electron chi connectivity index (χ0n) is 13.3. The van der Waals surface area contributed by atoms with E-state index in [1.807, 2.05) is 25.1 Å². The Labute approximate surface area is 143 Å². The smallest absolute Gasteiger partial charge is 0.117 e. The van der Waals surface area contributed by atoms with E-state index >= 15 is 0 Å². The lowest BCUT2D eigenvalue weighted by atomic mass is 9.92. The van der Waals surface area contributed by atoms with Gasteiger partial charge in [0, 0.05) is 16.6 Å². The van der Waals surface area contributed by atoms with Crippen LogP contribution in [-0.2, 0) is 0 Å². The molecule has 0 atom stereocenters. The van der Waals surface area contributed by atoms with Gasteiger partial charge in [0.25, 0.3) is 0 Å². The van der Waals surface area contributed by atoms with Crippen molar-refractivity contribution in [3.8, 4) is 11.3 Å². The molecule has 1 aromatic carbocycles. The minimum absolute atomic E-state index is 0.452. The van der Waals surface area contributed by atoms with Gasteiger partial charge in [0.15, 0.2) is 0 Å². The first-order valence-corrected chi connectivity index (χ1v) is 8.57. The van der Waals surface area contributed by atoms with Gasteiger partial charge in [-0.2, -0.15) is 10.2 Å². The molecular formula is C18H16ClN5. The number of benzene rings is 1. The fraction of sp³-hybridized carbons (Fsp3) is 0.278. The molecule has 0 saturated heterocycles. The summed E-state index contributed by atoms with van der Waals surface area (Å²) in [5.74, 6) is 0. The van der Waals surface area contributed by atoms with Crippen LogP contribution in [0.25, 0.3) is 33.2 Å². The van der Waals surface area contributed by atoms with Crippen molar-refractivity contribution in [1.82, 2.24) is 25.0 Å². The Balaban J connectivity index is 1.83. The molecule has 0 unspecified atom stereocenters. The lowest BCUT2D eigenvalue weighted by Crippen LogP contribution is -2.19. The highest BCUT2D eigenvalue weighted by atomic mass is 35.5. The summed E-state index contributed by atoms with van der Waals surface area (Å²) in [5, 5.41) is 13.6. The van der Waals surface area contributed by atoms with Crippen LogP contribution in [0.5, 0.6) is 0 Å². The van der Waals surface area contributed by atoms with Gasteiger partial charge in [0.05, 0.1) is 28.5 Å². The highest BCUT2D eigenvalue weighted by Crippen LogP contribution is 2.39. The Morgan fingerprint density at radius 2 is 2.12 bits per heavy atom. The minimum Gasteiger partial charge on any atom is -0.276 e. The van der Waals surface area contributed by atoms with E-state index in [4.69, 9.17) is 21.7 Å². The van der Waals surface area contributed by atoms with Crippen LogP contribution in [0.4, 0.5) is 0 Å². The molecule has 4 aromatic rings. The zero-order valence-corrected chi connectivity index (χ0v) is 14.0.